The number of likely N-dealkylation sites (N-methyl/N-ethyl adjacent to an activating group) is 1. The summed E-state index contributed by atoms with van der Waals surface area (Å²) in [6.07, 6.45) is -4.26. The van der Waals surface area contributed by atoms with Crippen molar-refractivity contribution in [1.29, 1.82) is 0 Å². The molecule has 0 saturated carbocycles. The van der Waals surface area contributed by atoms with Gasteiger partial charge in [-0.15, -0.1) is 0 Å². The van der Waals surface area contributed by atoms with Gasteiger partial charge in [0.25, 0.3) is 0 Å². The number of hydrazine groups is 1. The monoisotopic (exact) mass is 256 g/mol. The second-order valence-electron chi connectivity index (χ2n) is 3.93. The van der Waals surface area contributed by atoms with Crippen LogP contribution in [0.4, 0.5) is 13.2 Å². The molecule has 3 N–H and O–H groups in total. The molecule has 0 aromatic rings. The normalized spacial score (nSPS) is 28.0. The average Bonchev–Trinajstić information content (AvgIpc) is 2.18. The molecule has 4 nitrogen and oxygen atoms in total. The van der Waals surface area contributed by atoms with E-state index in [1.807, 2.05) is 0 Å². The van der Waals surface area contributed by atoms with Crippen LogP contribution in [0.2, 0.25) is 0 Å². The third-order valence-electron chi connectivity index (χ3n) is 2.85. The van der Waals surface area contributed by atoms with E-state index >= 15 is 0 Å². The SMILES string of the molecule is CC1CN(C(=S)NN)CC(C(F)(F)F)N1C. The van der Waals surface area contributed by atoms with Crippen molar-refractivity contribution in [3.63, 3.8) is 0 Å². The highest BCUT2D eigenvalue weighted by Crippen LogP contribution is 2.28. The molecule has 16 heavy (non-hydrogen) atoms. The van der Waals surface area contributed by atoms with Gasteiger partial charge in [0, 0.05) is 19.1 Å². The van der Waals surface area contributed by atoms with Gasteiger partial charge in [-0.05, 0) is 26.2 Å². The van der Waals surface area contributed by atoms with Crippen LogP contribution in [0, 0.1) is 0 Å². The van der Waals surface area contributed by atoms with E-state index in [1.54, 1.807) is 6.92 Å². The summed E-state index contributed by atoms with van der Waals surface area (Å²) in [7, 11) is 1.47. The maximum atomic E-state index is 12.7. The second-order valence-corrected chi connectivity index (χ2v) is 4.31. The number of hydrogen-bond donors (Lipinski definition) is 2. The van der Waals surface area contributed by atoms with Crippen LogP contribution >= 0.6 is 12.2 Å². The molecule has 0 radical (unpaired) electrons. The van der Waals surface area contributed by atoms with Crippen molar-refractivity contribution in [2.45, 2.75) is 25.2 Å². The van der Waals surface area contributed by atoms with E-state index in [2.05, 4.69) is 5.43 Å². The van der Waals surface area contributed by atoms with E-state index in [0.717, 1.165) is 0 Å². The third kappa shape index (κ3) is 2.74. The van der Waals surface area contributed by atoms with Crippen molar-refractivity contribution < 1.29 is 13.2 Å². The Kier molecular flexibility index (Phi) is 3.97. The molecule has 94 valence electrons. The molecular formula is C8H15F3N4S. The van der Waals surface area contributed by atoms with Gasteiger partial charge in [-0.1, -0.05) is 0 Å². The van der Waals surface area contributed by atoms with Crippen molar-refractivity contribution in [2.24, 2.45) is 5.84 Å². The lowest BCUT2D eigenvalue weighted by Gasteiger charge is -2.44. The molecule has 8 heteroatoms. The van der Waals surface area contributed by atoms with Crippen molar-refractivity contribution >= 4 is 17.3 Å². The number of nitrogens with two attached hydrogens (primary N) is 1. The molecule has 0 bridgehead atoms. The summed E-state index contributed by atoms with van der Waals surface area (Å²) in [5.41, 5.74) is 2.21. The Morgan fingerprint density at radius 1 is 1.44 bits per heavy atom. The highest BCUT2D eigenvalue weighted by Gasteiger charge is 2.47. The third-order valence-corrected chi connectivity index (χ3v) is 3.23. The highest BCUT2D eigenvalue weighted by atomic mass is 32.1. The first kappa shape index (κ1) is 13.5. The number of rotatable bonds is 0. The first-order valence-corrected chi connectivity index (χ1v) is 5.22. The lowest BCUT2D eigenvalue weighted by Crippen LogP contribution is -2.63. The average molecular weight is 256 g/mol. The molecule has 2 atom stereocenters. The van der Waals surface area contributed by atoms with Crippen molar-refractivity contribution in [1.82, 2.24) is 15.2 Å². The zero-order valence-corrected chi connectivity index (χ0v) is 9.90. The lowest BCUT2D eigenvalue weighted by atomic mass is 10.1. The van der Waals surface area contributed by atoms with Gasteiger partial charge in [0.15, 0.2) is 5.11 Å². The summed E-state index contributed by atoms with van der Waals surface area (Å²) in [4.78, 5) is 2.76. The van der Waals surface area contributed by atoms with Gasteiger partial charge in [0.1, 0.15) is 6.04 Å². The zero-order valence-electron chi connectivity index (χ0n) is 9.08. The molecule has 0 amide bonds. The number of halogens is 3. The Morgan fingerprint density at radius 3 is 2.44 bits per heavy atom. The minimum absolute atomic E-state index is 0.147. The Labute approximate surface area is 97.5 Å². The number of alkyl halides is 3. The molecule has 0 aromatic heterocycles. The Bertz CT molecular complexity index is 270. The van der Waals surface area contributed by atoms with E-state index in [-0.39, 0.29) is 17.7 Å². The summed E-state index contributed by atoms with van der Waals surface area (Å²) in [6, 6.07) is -1.74. The van der Waals surface area contributed by atoms with Crippen molar-refractivity contribution in [3.05, 3.63) is 0 Å². The molecule has 1 aliphatic heterocycles. The lowest BCUT2D eigenvalue weighted by molar-refractivity contribution is -0.195. The quantitative estimate of drug-likeness (QED) is 0.371. The topological polar surface area (TPSA) is 44.5 Å². The molecule has 1 aliphatic rings. The summed E-state index contributed by atoms with van der Waals surface area (Å²) in [5, 5.41) is 0.147. The molecule has 1 saturated heterocycles. The standard InChI is InChI=1S/C8H15F3N4S/c1-5-3-15(7(16)13-12)4-6(14(5)2)8(9,10)11/h5-6H,3-4,12H2,1-2H3,(H,13,16). The van der Waals surface area contributed by atoms with Crippen LogP contribution in [-0.2, 0) is 0 Å². The first-order valence-electron chi connectivity index (χ1n) is 4.81. The highest BCUT2D eigenvalue weighted by molar-refractivity contribution is 7.80. The maximum absolute atomic E-state index is 12.7. The number of piperazine rings is 1. The summed E-state index contributed by atoms with van der Waals surface area (Å²) in [5.74, 6) is 5.11. The van der Waals surface area contributed by atoms with Gasteiger partial charge >= 0.3 is 6.18 Å². The van der Waals surface area contributed by atoms with Gasteiger partial charge in [-0.25, -0.2) is 5.84 Å². The van der Waals surface area contributed by atoms with E-state index in [9.17, 15) is 13.2 Å². The van der Waals surface area contributed by atoms with Crippen LogP contribution in [0.5, 0.6) is 0 Å². The predicted octanol–water partition coefficient (Wildman–Crippen LogP) is 0.301. The molecule has 1 rings (SSSR count). The minimum Gasteiger partial charge on any atom is -0.345 e. The molecule has 2 unspecified atom stereocenters. The second kappa shape index (κ2) is 4.72. The molecule has 0 aliphatic carbocycles. The molecule has 0 spiro atoms. The van der Waals surface area contributed by atoms with Crippen LogP contribution in [0.3, 0.4) is 0 Å². The number of nitrogens with zero attached hydrogens (tertiary/aromatic N) is 2. The fourth-order valence-electron chi connectivity index (χ4n) is 1.76. The molecule has 1 heterocycles. The van der Waals surface area contributed by atoms with Crippen molar-refractivity contribution in [2.75, 3.05) is 20.1 Å². The van der Waals surface area contributed by atoms with Crippen LogP contribution in [-0.4, -0.2) is 53.3 Å². The van der Waals surface area contributed by atoms with Crippen molar-refractivity contribution in [3.8, 4) is 0 Å². The van der Waals surface area contributed by atoms with Gasteiger partial charge in [-0.3, -0.25) is 4.90 Å². The van der Waals surface area contributed by atoms with Gasteiger partial charge in [0.2, 0.25) is 0 Å². The Balaban J connectivity index is 2.81. The van der Waals surface area contributed by atoms with E-state index < -0.39 is 12.2 Å². The van der Waals surface area contributed by atoms with Crippen LogP contribution in [0.25, 0.3) is 0 Å². The van der Waals surface area contributed by atoms with Gasteiger partial charge in [0.05, 0.1) is 0 Å². The zero-order chi connectivity index (χ0) is 12.5. The maximum Gasteiger partial charge on any atom is 0.405 e. The fraction of sp³-hybridized carbons (Fsp3) is 0.875. The Morgan fingerprint density at radius 2 is 2.00 bits per heavy atom. The predicted molar refractivity (Wildman–Crippen MR) is 58.6 cm³/mol. The largest absolute Gasteiger partial charge is 0.405 e. The number of nitrogens with one attached hydrogen (secondary N) is 1. The number of thiocarbonyl (C=S) groups is 1. The summed E-state index contributed by atoms with van der Waals surface area (Å²) < 4.78 is 38.2. The van der Waals surface area contributed by atoms with Crippen LogP contribution in [0.1, 0.15) is 6.92 Å². The van der Waals surface area contributed by atoms with E-state index in [1.165, 1.54) is 16.8 Å². The van der Waals surface area contributed by atoms with Gasteiger partial charge in [-0.2, -0.15) is 13.2 Å². The molecule has 1 fully saturated rings. The van der Waals surface area contributed by atoms with Crippen LogP contribution in [0.15, 0.2) is 0 Å². The first-order chi connectivity index (χ1) is 7.27. The smallest absolute Gasteiger partial charge is 0.345 e. The van der Waals surface area contributed by atoms with Crippen LogP contribution < -0.4 is 11.3 Å². The van der Waals surface area contributed by atoms with E-state index in [0.29, 0.717) is 6.54 Å². The molecular weight excluding hydrogens is 241 g/mol. The fourth-order valence-corrected chi connectivity index (χ4v) is 1.91. The Hall–Kier alpha value is -0.600. The molecule has 0 aromatic carbocycles. The number of hydrogen-bond acceptors (Lipinski definition) is 3. The summed E-state index contributed by atoms with van der Waals surface area (Å²) in [6.45, 7) is 1.98. The van der Waals surface area contributed by atoms with Gasteiger partial charge < -0.3 is 10.3 Å². The summed E-state index contributed by atoms with van der Waals surface area (Å²) >= 11 is 4.85. The minimum atomic E-state index is -4.26. The van der Waals surface area contributed by atoms with E-state index in [4.69, 9.17) is 18.1 Å².